The van der Waals surface area contributed by atoms with Gasteiger partial charge in [0.25, 0.3) is 16.8 Å². The maximum Gasteiger partial charge on any atom is 0.310 e. The van der Waals surface area contributed by atoms with Gasteiger partial charge in [-0.15, -0.1) is 0 Å². The van der Waals surface area contributed by atoms with Crippen molar-refractivity contribution in [3.63, 3.8) is 0 Å². The molecule has 3 aromatic rings. The van der Waals surface area contributed by atoms with E-state index in [0.29, 0.717) is 25.8 Å². The smallest absolute Gasteiger partial charge is 0.310 e. The molecule has 9 nitrogen and oxygen atoms in total. The first-order valence-electron chi connectivity index (χ1n) is 12.5. The van der Waals surface area contributed by atoms with Crippen molar-refractivity contribution in [2.45, 2.75) is 39.2 Å². The summed E-state index contributed by atoms with van der Waals surface area (Å²) in [6.45, 7) is 4.64. The van der Waals surface area contributed by atoms with Crippen LogP contribution >= 0.6 is 0 Å². The molecule has 0 aromatic heterocycles. The molecule has 0 spiro atoms. The minimum atomic E-state index is -0.699. The van der Waals surface area contributed by atoms with E-state index in [9.17, 15) is 24.3 Å². The van der Waals surface area contributed by atoms with Gasteiger partial charge in [0.2, 0.25) is 0 Å². The van der Waals surface area contributed by atoms with Gasteiger partial charge < -0.3 is 25.4 Å². The van der Waals surface area contributed by atoms with Crippen LogP contribution in [0.2, 0.25) is 0 Å². The van der Waals surface area contributed by atoms with Crippen LogP contribution < -0.4 is 21.5 Å². The molecule has 2 atom stereocenters. The number of aromatic hydroxyl groups is 1. The minimum Gasteiger partial charge on any atom is -0.505 e. The topological polar surface area (TPSA) is 125 Å². The van der Waals surface area contributed by atoms with E-state index in [1.54, 1.807) is 13.0 Å². The standard InChI is InChI=1S/C28H31N3O6/c1-3-20(17-10-6-5-7-11-17)29-22-23(26(34)25(22)33)30-21-14-8-13-19(24(21)32)27(35)31-15-9-12-18(16-31)28(36)37-4-2/h5-8,10-11,13-14,18,20,29-30,32H,3-4,9,12,15-16H2,1-2H3. The highest BCUT2D eigenvalue weighted by atomic mass is 16.5. The van der Waals surface area contributed by atoms with Crippen molar-refractivity contribution in [2.24, 2.45) is 5.92 Å². The third-order valence-electron chi connectivity index (χ3n) is 6.69. The van der Waals surface area contributed by atoms with Crippen LogP contribution in [0.15, 0.2) is 58.1 Å². The summed E-state index contributed by atoms with van der Waals surface area (Å²) in [5.74, 6) is -1.50. The number of hydrogen-bond acceptors (Lipinski definition) is 8. The molecule has 3 N–H and O–H groups in total. The van der Waals surface area contributed by atoms with Crippen LogP contribution in [-0.2, 0) is 9.53 Å². The SMILES string of the molecule is CCOC(=O)C1CCCN(C(=O)c2cccc(Nc3c(NC(CC)c4ccccc4)c(=O)c3=O)c2O)C1. The fourth-order valence-electron chi connectivity index (χ4n) is 4.67. The van der Waals surface area contributed by atoms with Crippen LogP contribution in [0.5, 0.6) is 5.75 Å². The summed E-state index contributed by atoms with van der Waals surface area (Å²) < 4.78 is 5.11. The Hall–Kier alpha value is -4.14. The average molecular weight is 506 g/mol. The van der Waals surface area contributed by atoms with E-state index in [1.807, 2.05) is 37.3 Å². The normalized spacial score (nSPS) is 16.3. The molecule has 1 heterocycles. The van der Waals surface area contributed by atoms with Crippen LogP contribution in [0.1, 0.15) is 55.1 Å². The second-order valence-electron chi connectivity index (χ2n) is 9.09. The van der Waals surface area contributed by atoms with Crippen molar-refractivity contribution >= 4 is 28.9 Å². The predicted octanol–water partition coefficient (Wildman–Crippen LogP) is 3.71. The Kier molecular flexibility index (Phi) is 7.91. The summed E-state index contributed by atoms with van der Waals surface area (Å²) in [5.41, 5.74) is -0.00482. The number of carbonyl (C=O) groups excluding carboxylic acids is 2. The van der Waals surface area contributed by atoms with Crippen LogP contribution in [0.3, 0.4) is 0 Å². The molecule has 0 bridgehead atoms. The van der Waals surface area contributed by atoms with Crippen molar-refractivity contribution in [1.82, 2.24) is 4.90 Å². The third-order valence-corrected chi connectivity index (χ3v) is 6.69. The Balaban J connectivity index is 1.54. The lowest BCUT2D eigenvalue weighted by atomic mass is 9.97. The Morgan fingerprint density at radius 1 is 1.05 bits per heavy atom. The van der Waals surface area contributed by atoms with Crippen molar-refractivity contribution in [3.05, 3.63) is 80.1 Å². The predicted molar refractivity (Wildman–Crippen MR) is 141 cm³/mol. The summed E-state index contributed by atoms with van der Waals surface area (Å²) in [7, 11) is 0. The summed E-state index contributed by atoms with van der Waals surface area (Å²) in [5, 5.41) is 16.9. The number of nitrogens with zero attached hydrogens (tertiary/aromatic N) is 1. The fourth-order valence-corrected chi connectivity index (χ4v) is 4.67. The number of hydrogen-bond donors (Lipinski definition) is 3. The monoisotopic (exact) mass is 505 g/mol. The van der Waals surface area contributed by atoms with Gasteiger partial charge in [-0.2, -0.15) is 0 Å². The van der Waals surface area contributed by atoms with E-state index in [0.717, 1.165) is 5.56 Å². The number of nitrogens with one attached hydrogen (secondary N) is 2. The Morgan fingerprint density at radius 3 is 2.49 bits per heavy atom. The number of ether oxygens (including phenoxy) is 1. The van der Waals surface area contributed by atoms with Crippen molar-refractivity contribution in [3.8, 4) is 5.75 Å². The maximum absolute atomic E-state index is 13.2. The molecular formula is C28H31N3O6. The number of phenols is 1. The summed E-state index contributed by atoms with van der Waals surface area (Å²) in [6, 6.07) is 14.0. The number of benzene rings is 2. The van der Waals surface area contributed by atoms with E-state index in [2.05, 4.69) is 10.6 Å². The molecule has 1 aliphatic heterocycles. The van der Waals surface area contributed by atoms with Gasteiger partial charge in [-0.25, -0.2) is 0 Å². The first-order valence-corrected chi connectivity index (χ1v) is 12.5. The van der Waals surface area contributed by atoms with Gasteiger partial charge in [-0.1, -0.05) is 43.3 Å². The van der Waals surface area contributed by atoms with Gasteiger partial charge in [-0.05, 0) is 43.9 Å². The third kappa shape index (κ3) is 5.35. The zero-order valence-electron chi connectivity index (χ0n) is 21.0. The number of phenolic OH excluding ortho intramolecular Hbond substituents is 1. The molecule has 2 unspecified atom stereocenters. The average Bonchev–Trinajstić information content (AvgIpc) is 2.93. The van der Waals surface area contributed by atoms with Crippen LogP contribution in [-0.4, -0.2) is 41.6 Å². The minimum absolute atomic E-state index is 0.0402. The van der Waals surface area contributed by atoms with E-state index < -0.39 is 22.7 Å². The lowest BCUT2D eigenvalue weighted by molar-refractivity contribution is -0.149. The molecule has 194 valence electrons. The quantitative estimate of drug-likeness (QED) is 0.228. The molecule has 1 amide bonds. The van der Waals surface area contributed by atoms with Crippen molar-refractivity contribution in [2.75, 3.05) is 30.3 Å². The molecule has 9 heteroatoms. The van der Waals surface area contributed by atoms with Crippen LogP contribution in [0.4, 0.5) is 17.1 Å². The van der Waals surface area contributed by atoms with Gasteiger partial charge in [0.05, 0.1) is 29.8 Å². The highest BCUT2D eigenvalue weighted by molar-refractivity contribution is 5.99. The molecule has 1 fully saturated rings. The number of piperidine rings is 1. The van der Waals surface area contributed by atoms with Gasteiger partial charge in [0.1, 0.15) is 11.4 Å². The molecular weight excluding hydrogens is 474 g/mol. The first kappa shape index (κ1) is 25.9. The molecule has 0 aliphatic carbocycles. The first-order chi connectivity index (χ1) is 17.8. The van der Waals surface area contributed by atoms with Crippen LogP contribution in [0, 0.1) is 5.92 Å². The molecule has 37 heavy (non-hydrogen) atoms. The lowest BCUT2D eigenvalue weighted by Gasteiger charge is -2.31. The zero-order chi connectivity index (χ0) is 26.5. The second kappa shape index (κ2) is 11.3. The second-order valence-corrected chi connectivity index (χ2v) is 9.09. The van der Waals surface area contributed by atoms with Gasteiger partial charge in [0.15, 0.2) is 5.75 Å². The number of para-hydroxylation sites is 1. The van der Waals surface area contributed by atoms with Gasteiger partial charge >= 0.3 is 5.97 Å². The number of likely N-dealkylation sites (tertiary alicyclic amines) is 1. The number of esters is 1. The molecule has 3 aromatic carbocycles. The van der Waals surface area contributed by atoms with E-state index >= 15 is 0 Å². The zero-order valence-corrected chi connectivity index (χ0v) is 21.0. The maximum atomic E-state index is 13.2. The molecule has 0 radical (unpaired) electrons. The molecule has 4 rings (SSSR count). The number of anilines is 3. The van der Waals surface area contributed by atoms with E-state index in [1.165, 1.54) is 17.0 Å². The van der Waals surface area contributed by atoms with E-state index in [-0.39, 0.29) is 53.5 Å². The highest BCUT2D eigenvalue weighted by Gasteiger charge is 2.31. The summed E-state index contributed by atoms with van der Waals surface area (Å²) in [6.07, 6.45) is 1.96. The Morgan fingerprint density at radius 2 is 1.78 bits per heavy atom. The molecule has 1 saturated heterocycles. The van der Waals surface area contributed by atoms with Gasteiger partial charge in [0, 0.05) is 13.1 Å². The summed E-state index contributed by atoms with van der Waals surface area (Å²) in [4.78, 5) is 51.7. The fraction of sp³-hybridized carbons (Fsp3) is 0.357. The Labute approximate surface area is 214 Å². The van der Waals surface area contributed by atoms with Crippen molar-refractivity contribution in [1.29, 1.82) is 0 Å². The summed E-state index contributed by atoms with van der Waals surface area (Å²) >= 11 is 0. The van der Waals surface area contributed by atoms with Crippen LogP contribution in [0.25, 0.3) is 0 Å². The van der Waals surface area contributed by atoms with Gasteiger partial charge in [-0.3, -0.25) is 19.2 Å². The number of rotatable bonds is 9. The molecule has 0 saturated carbocycles. The highest BCUT2D eigenvalue weighted by Crippen LogP contribution is 2.34. The van der Waals surface area contributed by atoms with E-state index in [4.69, 9.17) is 4.74 Å². The lowest BCUT2D eigenvalue weighted by Crippen LogP contribution is -2.42. The number of carbonyl (C=O) groups is 2. The Bertz CT molecular complexity index is 1350. The molecule has 1 aliphatic rings. The number of amides is 1. The largest absolute Gasteiger partial charge is 0.505 e. The van der Waals surface area contributed by atoms with Crippen molar-refractivity contribution < 1.29 is 19.4 Å².